The number of hydrogen-bond donors (Lipinski definition) is 2. The number of aryl methyl sites for hydroxylation is 1. The van der Waals surface area contributed by atoms with Crippen molar-refractivity contribution in [3.05, 3.63) is 63.6 Å². The molecule has 7 heteroatoms. The lowest BCUT2D eigenvalue weighted by atomic mass is 9.98. The van der Waals surface area contributed by atoms with E-state index >= 15 is 0 Å². The molecule has 0 unspecified atom stereocenters. The minimum atomic E-state index is 0.427. The molecule has 1 aromatic carbocycles. The summed E-state index contributed by atoms with van der Waals surface area (Å²) in [4.78, 5) is 13.5. The van der Waals surface area contributed by atoms with Crippen LogP contribution in [-0.4, -0.2) is 15.0 Å². The van der Waals surface area contributed by atoms with Crippen LogP contribution in [0.2, 0.25) is 0 Å². The van der Waals surface area contributed by atoms with Gasteiger partial charge in [-0.05, 0) is 58.8 Å². The quantitative estimate of drug-likeness (QED) is 0.390. The molecule has 132 valence electrons. The number of rotatable bonds is 3. The highest BCUT2D eigenvalue weighted by Gasteiger charge is 2.24. The van der Waals surface area contributed by atoms with E-state index in [9.17, 15) is 5.26 Å². The van der Waals surface area contributed by atoms with Crippen LogP contribution in [0.4, 0.5) is 5.82 Å². The van der Waals surface area contributed by atoms with Gasteiger partial charge in [0.15, 0.2) is 0 Å². The van der Waals surface area contributed by atoms with Crippen LogP contribution in [0.25, 0.3) is 32.3 Å². The van der Waals surface area contributed by atoms with Crippen LogP contribution in [0.15, 0.2) is 48.9 Å². The third-order valence-corrected chi connectivity index (χ3v) is 6.31. The zero-order valence-electron chi connectivity index (χ0n) is 14.3. The smallest absolute Gasteiger partial charge is 0.148 e. The van der Waals surface area contributed by atoms with Crippen molar-refractivity contribution >= 4 is 39.7 Å². The Balaban J connectivity index is 2.06. The van der Waals surface area contributed by atoms with Gasteiger partial charge in [-0.3, -0.25) is 0 Å². The van der Waals surface area contributed by atoms with Gasteiger partial charge in [0, 0.05) is 27.7 Å². The van der Waals surface area contributed by atoms with E-state index in [0.717, 1.165) is 35.8 Å². The number of imidazole rings is 1. The number of halogens is 1. The fourth-order valence-corrected chi connectivity index (χ4v) is 5.13. The van der Waals surface area contributed by atoms with Crippen LogP contribution in [-0.2, 0) is 0 Å². The molecule has 3 aromatic heterocycles. The van der Waals surface area contributed by atoms with Crippen molar-refractivity contribution in [1.82, 2.24) is 15.0 Å². The molecule has 27 heavy (non-hydrogen) atoms. The van der Waals surface area contributed by atoms with Gasteiger partial charge in [0.2, 0.25) is 0 Å². The van der Waals surface area contributed by atoms with Gasteiger partial charge < -0.3 is 10.7 Å². The summed E-state index contributed by atoms with van der Waals surface area (Å²) in [6, 6.07) is 12.3. The van der Waals surface area contributed by atoms with Crippen molar-refractivity contribution in [2.45, 2.75) is 6.92 Å². The third-order valence-electron chi connectivity index (χ3n) is 4.17. The molecule has 3 heterocycles. The number of nitrogens with two attached hydrogens (primary N) is 1. The van der Waals surface area contributed by atoms with E-state index in [4.69, 9.17) is 5.73 Å². The topological polar surface area (TPSA) is 91.4 Å². The van der Waals surface area contributed by atoms with Gasteiger partial charge in [-0.2, -0.15) is 5.26 Å². The molecule has 0 saturated heterocycles. The molecule has 0 spiro atoms. The average Bonchev–Trinajstić information content (AvgIpc) is 3.29. The first-order valence-corrected chi connectivity index (χ1v) is 10.0. The van der Waals surface area contributed by atoms with E-state index in [-0.39, 0.29) is 0 Å². The molecule has 0 aliphatic heterocycles. The molecule has 0 radical (unpaired) electrons. The largest absolute Gasteiger partial charge is 0.384 e. The molecule has 4 rings (SSSR count). The van der Waals surface area contributed by atoms with Gasteiger partial charge in [0.05, 0.1) is 15.3 Å². The van der Waals surface area contributed by atoms with Gasteiger partial charge in [0.25, 0.3) is 0 Å². The van der Waals surface area contributed by atoms with Gasteiger partial charge in [0.1, 0.15) is 17.7 Å². The number of aromatic nitrogens is 3. The number of hydrogen-bond acceptors (Lipinski definition) is 5. The summed E-state index contributed by atoms with van der Waals surface area (Å²) in [5.74, 6) is 1.17. The van der Waals surface area contributed by atoms with Gasteiger partial charge >= 0.3 is 0 Å². The molecule has 0 fully saturated rings. The Bertz CT molecular complexity index is 1170. The van der Waals surface area contributed by atoms with Crippen LogP contribution < -0.4 is 5.73 Å². The third kappa shape index (κ3) is 3.22. The Morgan fingerprint density at radius 1 is 1.15 bits per heavy atom. The Morgan fingerprint density at radius 3 is 2.67 bits per heavy atom. The number of benzene rings is 1. The van der Waals surface area contributed by atoms with E-state index < -0.39 is 0 Å². The van der Waals surface area contributed by atoms with Crippen LogP contribution in [0, 0.1) is 21.8 Å². The lowest BCUT2D eigenvalue weighted by Crippen LogP contribution is -1.91. The number of anilines is 1. The highest BCUT2D eigenvalue weighted by atomic mass is 127. The molecule has 0 amide bonds. The van der Waals surface area contributed by atoms with Crippen LogP contribution in [0.3, 0.4) is 0 Å². The minimum Gasteiger partial charge on any atom is -0.384 e. The molecular weight excluding hydrogens is 469 g/mol. The Morgan fingerprint density at radius 2 is 2.00 bits per heavy atom. The van der Waals surface area contributed by atoms with Gasteiger partial charge in [-0.25, -0.2) is 9.97 Å². The summed E-state index contributed by atoms with van der Waals surface area (Å²) in [5, 5.41) is 10.0. The second-order valence-corrected chi connectivity index (χ2v) is 8.20. The number of pyridine rings is 1. The number of thiophene rings is 1. The first kappa shape index (κ1) is 17.7. The fourth-order valence-electron chi connectivity index (χ4n) is 2.97. The molecule has 3 N–H and O–H groups in total. The van der Waals surface area contributed by atoms with Gasteiger partial charge in [-0.15, -0.1) is 11.3 Å². The second kappa shape index (κ2) is 7.13. The summed E-state index contributed by atoms with van der Waals surface area (Å²) >= 11 is 3.86. The molecule has 0 atom stereocenters. The lowest BCUT2D eigenvalue weighted by molar-refractivity contribution is 1.33. The molecule has 0 aliphatic carbocycles. The van der Waals surface area contributed by atoms with Crippen molar-refractivity contribution in [3.8, 4) is 38.3 Å². The number of nitrogens with zero attached hydrogens (tertiary/aromatic N) is 3. The Kier molecular flexibility index (Phi) is 4.68. The maximum absolute atomic E-state index is 10.0. The van der Waals surface area contributed by atoms with E-state index in [1.54, 1.807) is 24.7 Å². The number of nitrogens with one attached hydrogen (secondary N) is 1. The highest BCUT2D eigenvalue weighted by Crippen LogP contribution is 2.47. The molecule has 5 nitrogen and oxygen atoms in total. The summed E-state index contributed by atoms with van der Waals surface area (Å²) in [6.45, 7) is 2.06. The van der Waals surface area contributed by atoms with E-state index in [2.05, 4.69) is 68.7 Å². The van der Waals surface area contributed by atoms with Crippen LogP contribution >= 0.6 is 33.9 Å². The van der Waals surface area contributed by atoms with Crippen LogP contribution in [0.5, 0.6) is 0 Å². The SMILES string of the molecule is Cc1ccc(-c2c(-c3ncc[nH]3)sc(-c3ccnc(N)c3)c2C#N)c(I)c1. The fraction of sp³-hybridized carbons (Fsp3) is 0.0500. The van der Waals surface area contributed by atoms with Crippen molar-refractivity contribution in [1.29, 1.82) is 5.26 Å². The number of aromatic amines is 1. The Hall–Kier alpha value is -2.70. The molecular formula is C20H14IN5S. The standard InChI is InChI=1S/C20H14IN5S/c1-11-2-3-13(15(21)8-11)17-14(10-22)18(12-4-5-24-16(23)9-12)27-19(17)20-25-6-7-26-20/h2-9H,1H3,(H2,23,24)(H,25,26). The first-order valence-electron chi connectivity index (χ1n) is 8.13. The molecule has 0 aliphatic rings. The zero-order chi connectivity index (χ0) is 19.0. The number of H-pyrrole nitrogens is 1. The number of nitriles is 1. The Labute approximate surface area is 174 Å². The summed E-state index contributed by atoms with van der Waals surface area (Å²) in [7, 11) is 0. The van der Waals surface area contributed by atoms with Crippen molar-refractivity contribution < 1.29 is 0 Å². The predicted octanol–water partition coefficient (Wildman–Crippen LogP) is 5.23. The molecule has 0 saturated carbocycles. The highest BCUT2D eigenvalue weighted by molar-refractivity contribution is 14.1. The van der Waals surface area contributed by atoms with E-state index in [0.29, 0.717) is 11.4 Å². The van der Waals surface area contributed by atoms with E-state index in [1.165, 1.54) is 16.9 Å². The molecule has 0 bridgehead atoms. The monoisotopic (exact) mass is 483 g/mol. The normalized spacial score (nSPS) is 10.7. The van der Waals surface area contributed by atoms with Crippen molar-refractivity contribution in [3.63, 3.8) is 0 Å². The summed E-state index contributed by atoms with van der Waals surface area (Å²) < 4.78 is 1.09. The molecule has 4 aromatic rings. The summed E-state index contributed by atoms with van der Waals surface area (Å²) in [6.07, 6.45) is 5.16. The van der Waals surface area contributed by atoms with Crippen molar-refractivity contribution in [2.75, 3.05) is 5.73 Å². The summed E-state index contributed by atoms with van der Waals surface area (Å²) in [5.41, 5.74) is 10.5. The zero-order valence-corrected chi connectivity index (χ0v) is 17.3. The predicted molar refractivity (Wildman–Crippen MR) is 117 cm³/mol. The van der Waals surface area contributed by atoms with Crippen LogP contribution in [0.1, 0.15) is 11.1 Å². The maximum atomic E-state index is 10.0. The maximum Gasteiger partial charge on any atom is 0.148 e. The lowest BCUT2D eigenvalue weighted by Gasteiger charge is -2.07. The first-order chi connectivity index (χ1) is 13.1. The van der Waals surface area contributed by atoms with Crippen molar-refractivity contribution in [2.24, 2.45) is 0 Å². The van der Waals surface area contributed by atoms with E-state index in [1.807, 2.05) is 6.07 Å². The average molecular weight is 483 g/mol. The van der Waals surface area contributed by atoms with Gasteiger partial charge in [-0.1, -0.05) is 17.7 Å². The second-order valence-electron chi connectivity index (χ2n) is 6.01. The number of nitrogen functional groups attached to an aromatic ring is 1. The minimum absolute atomic E-state index is 0.427.